The molecule has 70 valence electrons. The van der Waals surface area contributed by atoms with Gasteiger partial charge in [0.1, 0.15) is 11.6 Å². The first-order valence-electron chi connectivity index (χ1n) is 3.99. The van der Waals surface area contributed by atoms with Crippen LogP contribution in [0, 0.1) is 0 Å². The minimum atomic E-state index is 0.631. The van der Waals surface area contributed by atoms with E-state index in [0.29, 0.717) is 16.7 Å². The van der Waals surface area contributed by atoms with Crippen LogP contribution in [0.15, 0.2) is 36.9 Å². The molecule has 0 bridgehead atoms. The van der Waals surface area contributed by atoms with Gasteiger partial charge < -0.3 is 5.32 Å². The molecule has 2 heterocycles. The Bertz CT molecular complexity index is 418. The van der Waals surface area contributed by atoms with E-state index >= 15 is 0 Å². The average Bonchev–Trinajstić information content (AvgIpc) is 2.19. The van der Waals surface area contributed by atoms with Crippen LogP contribution in [0.4, 0.5) is 11.6 Å². The second-order valence-corrected chi connectivity index (χ2v) is 3.01. The molecule has 2 aromatic heterocycles. The zero-order valence-electron chi connectivity index (χ0n) is 7.18. The fourth-order valence-electron chi connectivity index (χ4n) is 0.968. The van der Waals surface area contributed by atoms with Crippen molar-refractivity contribution in [1.29, 1.82) is 0 Å². The van der Waals surface area contributed by atoms with Gasteiger partial charge in [0, 0.05) is 23.6 Å². The minimum absolute atomic E-state index is 0.631. The number of nitrogens with one attached hydrogen (secondary N) is 1. The van der Waals surface area contributed by atoms with Crippen LogP contribution in [-0.2, 0) is 0 Å². The van der Waals surface area contributed by atoms with Crippen molar-refractivity contribution in [2.45, 2.75) is 0 Å². The third-order valence-corrected chi connectivity index (χ3v) is 1.78. The van der Waals surface area contributed by atoms with E-state index in [9.17, 15) is 0 Å². The molecule has 5 heteroatoms. The van der Waals surface area contributed by atoms with Gasteiger partial charge in [-0.2, -0.15) is 0 Å². The van der Waals surface area contributed by atoms with Crippen molar-refractivity contribution in [3.8, 4) is 0 Å². The molecule has 4 nitrogen and oxygen atoms in total. The van der Waals surface area contributed by atoms with Crippen LogP contribution in [0.5, 0.6) is 0 Å². The van der Waals surface area contributed by atoms with Crippen LogP contribution >= 0.6 is 11.6 Å². The van der Waals surface area contributed by atoms with Crippen LogP contribution in [0.1, 0.15) is 0 Å². The van der Waals surface area contributed by atoms with Gasteiger partial charge in [-0.3, -0.25) is 4.98 Å². The Morgan fingerprint density at radius 1 is 1.07 bits per heavy atom. The van der Waals surface area contributed by atoms with Crippen molar-refractivity contribution in [3.63, 3.8) is 0 Å². The monoisotopic (exact) mass is 206 g/mol. The lowest BCUT2D eigenvalue weighted by molar-refractivity contribution is 1.18. The maximum Gasteiger partial charge on any atom is 0.150 e. The molecule has 0 amide bonds. The van der Waals surface area contributed by atoms with E-state index in [-0.39, 0.29) is 0 Å². The first-order valence-corrected chi connectivity index (χ1v) is 4.37. The number of rotatable bonds is 2. The Labute approximate surface area is 86.0 Å². The van der Waals surface area contributed by atoms with Crippen molar-refractivity contribution in [1.82, 2.24) is 15.0 Å². The molecule has 0 saturated heterocycles. The number of nitrogens with zero attached hydrogens (tertiary/aromatic N) is 3. The zero-order valence-corrected chi connectivity index (χ0v) is 7.94. The highest BCUT2D eigenvalue weighted by Crippen LogP contribution is 2.14. The molecule has 0 radical (unpaired) electrons. The second kappa shape index (κ2) is 4.02. The van der Waals surface area contributed by atoms with Crippen LogP contribution in [-0.4, -0.2) is 15.0 Å². The predicted molar refractivity (Wildman–Crippen MR) is 54.6 cm³/mol. The summed E-state index contributed by atoms with van der Waals surface area (Å²) in [6.45, 7) is 0. The molecular formula is C9H7ClN4. The van der Waals surface area contributed by atoms with Crippen molar-refractivity contribution in [2.75, 3.05) is 5.32 Å². The van der Waals surface area contributed by atoms with Gasteiger partial charge in [-0.05, 0) is 12.1 Å². The Morgan fingerprint density at radius 2 is 1.93 bits per heavy atom. The van der Waals surface area contributed by atoms with Gasteiger partial charge >= 0.3 is 0 Å². The van der Waals surface area contributed by atoms with E-state index in [1.54, 1.807) is 36.9 Å². The summed E-state index contributed by atoms with van der Waals surface area (Å²) < 4.78 is 0. The molecule has 14 heavy (non-hydrogen) atoms. The Kier molecular flexibility index (Phi) is 2.55. The van der Waals surface area contributed by atoms with Crippen LogP contribution in [0.3, 0.4) is 0 Å². The average molecular weight is 207 g/mol. The quantitative estimate of drug-likeness (QED) is 0.819. The number of halogens is 1. The third kappa shape index (κ3) is 2.17. The highest BCUT2D eigenvalue weighted by atomic mass is 35.5. The molecule has 0 aliphatic heterocycles. The summed E-state index contributed by atoms with van der Waals surface area (Å²) in [4.78, 5) is 12.0. The number of hydrogen-bond donors (Lipinski definition) is 1. The van der Waals surface area contributed by atoms with E-state index in [1.807, 2.05) is 0 Å². The summed E-state index contributed by atoms with van der Waals surface area (Å²) in [5, 5.41) is 3.61. The maximum atomic E-state index is 5.80. The summed E-state index contributed by atoms with van der Waals surface area (Å²) in [6, 6.07) is 3.43. The maximum absolute atomic E-state index is 5.80. The molecule has 0 aromatic carbocycles. The van der Waals surface area contributed by atoms with E-state index in [1.165, 1.54) is 0 Å². The molecule has 0 atom stereocenters. The van der Waals surface area contributed by atoms with Crippen LogP contribution in [0.2, 0.25) is 5.02 Å². The van der Waals surface area contributed by atoms with E-state index in [0.717, 1.165) is 0 Å². The van der Waals surface area contributed by atoms with E-state index in [2.05, 4.69) is 20.3 Å². The minimum Gasteiger partial charge on any atom is -0.324 e. The van der Waals surface area contributed by atoms with E-state index < -0.39 is 0 Å². The number of aromatic nitrogens is 3. The van der Waals surface area contributed by atoms with Crippen LogP contribution < -0.4 is 5.32 Å². The molecule has 2 aromatic rings. The topological polar surface area (TPSA) is 50.7 Å². The predicted octanol–water partition coefficient (Wildman–Crippen LogP) is 2.27. The lowest BCUT2D eigenvalue weighted by atomic mass is 10.4. The SMILES string of the molecule is Clc1ccnc(Nc2cnccn2)c1. The normalized spacial score (nSPS) is 9.79. The first kappa shape index (κ1) is 8.90. The molecule has 2 rings (SSSR count). The second-order valence-electron chi connectivity index (χ2n) is 2.57. The van der Waals surface area contributed by atoms with Crippen LogP contribution in [0.25, 0.3) is 0 Å². The van der Waals surface area contributed by atoms with Gasteiger partial charge in [0.2, 0.25) is 0 Å². The Hall–Kier alpha value is -1.68. The summed E-state index contributed by atoms with van der Waals surface area (Å²) in [5.74, 6) is 1.29. The van der Waals surface area contributed by atoms with Gasteiger partial charge in [0.25, 0.3) is 0 Å². The van der Waals surface area contributed by atoms with Crippen molar-refractivity contribution >= 4 is 23.2 Å². The molecule has 0 aliphatic carbocycles. The van der Waals surface area contributed by atoms with Gasteiger partial charge in [0.15, 0.2) is 0 Å². The molecule has 0 aliphatic rings. The third-order valence-electron chi connectivity index (χ3n) is 1.54. The molecule has 0 saturated carbocycles. The largest absolute Gasteiger partial charge is 0.324 e. The zero-order chi connectivity index (χ0) is 9.80. The van der Waals surface area contributed by atoms with Gasteiger partial charge in [-0.25, -0.2) is 9.97 Å². The highest BCUT2D eigenvalue weighted by Gasteiger charge is 1.96. The Morgan fingerprint density at radius 3 is 2.64 bits per heavy atom. The molecule has 0 unspecified atom stereocenters. The van der Waals surface area contributed by atoms with Crippen molar-refractivity contribution in [3.05, 3.63) is 41.9 Å². The highest BCUT2D eigenvalue weighted by molar-refractivity contribution is 6.30. The molecule has 0 spiro atoms. The summed E-state index contributed by atoms with van der Waals surface area (Å²) in [6.07, 6.45) is 6.45. The molecule has 1 N–H and O–H groups in total. The summed E-state index contributed by atoms with van der Waals surface area (Å²) in [7, 11) is 0. The first-order chi connectivity index (χ1) is 6.84. The molecular weight excluding hydrogens is 200 g/mol. The fraction of sp³-hybridized carbons (Fsp3) is 0. The van der Waals surface area contributed by atoms with Gasteiger partial charge in [0.05, 0.1) is 6.20 Å². The molecule has 0 fully saturated rings. The van der Waals surface area contributed by atoms with E-state index in [4.69, 9.17) is 11.6 Å². The summed E-state index contributed by atoms with van der Waals surface area (Å²) >= 11 is 5.80. The summed E-state index contributed by atoms with van der Waals surface area (Å²) in [5.41, 5.74) is 0. The standard InChI is InChI=1S/C9H7ClN4/c10-7-1-2-12-8(5-7)14-9-6-11-3-4-13-9/h1-6H,(H,12,13,14). The fourth-order valence-corrected chi connectivity index (χ4v) is 1.13. The number of anilines is 2. The lowest BCUT2D eigenvalue weighted by Crippen LogP contribution is -1.95. The van der Waals surface area contributed by atoms with Crippen molar-refractivity contribution < 1.29 is 0 Å². The smallest absolute Gasteiger partial charge is 0.150 e. The lowest BCUT2D eigenvalue weighted by Gasteiger charge is -2.02. The Balaban J connectivity index is 2.19. The number of hydrogen-bond acceptors (Lipinski definition) is 4. The number of pyridine rings is 1. The van der Waals surface area contributed by atoms with Gasteiger partial charge in [-0.15, -0.1) is 0 Å². The van der Waals surface area contributed by atoms with Crippen molar-refractivity contribution in [2.24, 2.45) is 0 Å². The van der Waals surface area contributed by atoms with Gasteiger partial charge in [-0.1, -0.05) is 11.6 Å².